The molecular formula is C28H22Cl2FN3O4S. The second-order valence-electron chi connectivity index (χ2n) is 8.21. The first-order valence-electron chi connectivity index (χ1n) is 11.6. The number of hydrogen-bond donors (Lipinski definition) is 1. The summed E-state index contributed by atoms with van der Waals surface area (Å²) in [7, 11) is -4.24. The first kappa shape index (κ1) is 28.3. The number of hydrazone groups is 1. The van der Waals surface area contributed by atoms with E-state index in [0.717, 1.165) is 10.4 Å². The highest BCUT2D eigenvalue weighted by Gasteiger charge is 2.28. The maximum atomic E-state index is 14.5. The Morgan fingerprint density at radius 2 is 1.62 bits per heavy atom. The number of hydrogen-bond acceptors (Lipinski definition) is 5. The van der Waals surface area contributed by atoms with Gasteiger partial charge >= 0.3 is 0 Å². The highest BCUT2D eigenvalue weighted by molar-refractivity contribution is 7.89. The Morgan fingerprint density at radius 1 is 0.923 bits per heavy atom. The van der Waals surface area contributed by atoms with Crippen LogP contribution in [0.4, 0.5) is 4.39 Å². The number of amides is 1. The predicted molar refractivity (Wildman–Crippen MR) is 149 cm³/mol. The third-order valence-corrected chi connectivity index (χ3v) is 7.82. The van der Waals surface area contributed by atoms with Crippen LogP contribution in [0.5, 0.6) is 11.5 Å². The number of nitrogens with zero attached hydrogens (tertiary/aromatic N) is 2. The van der Waals surface area contributed by atoms with Crippen LogP contribution < -0.4 is 10.2 Å². The zero-order valence-electron chi connectivity index (χ0n) is 20.3. The zero-order chi connectivity index (χ0) is 27.8. The number of benzene rings is 4. The number of carbonyl (C=O) groups is 1. The van der Waals surface area contributed by atoms with Crippen LogP contribution in [-0.2, 0) is 21.4 Å². The summed E-state index contributed by atoms with van der Waals surface area (Å²) in [4.78, 5) is 12.6. The Kier molecular flexibility index (Phi) is 9.32. The molecule has 0 aromatic heterocycles. The summed E-state index contributed by atoms with van der Waals surface area (Å²) >= 11 is 12.0. The standard InChI is InChI=1S/C28H22Cl2FN3O4S/c29-21-12-14-24(15-13-21)39(36,37)34(18-25-26(30)10-5-11-27(25)31)19-28(35)33-32-17-20-6-4-9-23(16-20)38-22-7-2-1-3-8-22/h1-17H,18-19H2,(H,33,35). The van der Waals surface area contributed by atoms with Gasteiger partial charge in [-0.05, 0) is 66.2 Å². The fourth-order valence-electron chi connectivity index (χ4n) is 3.50. The van der Waals surface area contributed by atoms with Crippen LogP contribution in [0.25, 0.3) is 0 Å². The van der Waals surface area contributed by atoms with E-state index in [1.165, 1.54) is 42.6 Å². The Bertz CT molecular complexity index is 1560. The molecule has 0 aliphatic carbocycles. The summed E-state index contributed by atoms with van der Waals surface area (Å²) in [5.74, 6) is -0.210. The number of carbonyl (C=O) groups excluding carboxylic acids is 1. The lowest BCUT2D eigenvalue weighted by molar-refractivity contribution is -0.121. The van der Waals surface area contributed by atoms with Crippen molar-refractivity contribution in [3.8, 4) is 11.5 Å². The van der Waals surface area contributed by atoms with Crippen LogP contribution in [0.1, 0.15) is 11.1 Å². The van der Waals surface area contributed by atoms with Crippen LogP contribution in [0.3, 0.4) is 0 Å². The van der Waals surface area contributed by atoms with Crippen LogP contribution >= 0.6 is 23.2 Å². The fraction of sp³-hybridized carbons (Fsp3) is 0.0714. The van der Waals surface area contributed by atoms with Gasteiger partial charge in [0.15, 0.2) is 0 Å². The van der Waals surface area contributed by atoms with Gasteiger partial charge in [-0.15, -0.1) is 0 Å². The van der Waals surface area contributed by atoms with Crippen molar-refractivity contribution in [3.05, 3.63) is 124 Å². The maximum Gasteiger partial charge on any atom is 0.255 e. The smallest absolute Gasteiger partial charge is 0.255 e. The third-order valence-electron chi connectivity index (χ3n) is 5.41. The van der Waals surface area contributed by atoms with Crippen molar-refractivity contribution in [3.63, 3.8) is 0 Å². The molecule has 1 N–H and O–H groups in total. The minimum absolute atomic E-state index is 0.0299. The highest BCUT2D eigenvalue weighted by atomic mass is 35.5. The Morgan fingerprint density at radius 3 is 2.33 bits per heavy atom. The quantitative estimate of drug-likeness (QED) is 0.175. The molecule has 0 fully saturated rings. The maximum absolute atomic E-state index is 14.5. The molecule has 4 aromatic carbocycles. The van der Waals surface area contributed by atoms with Crippen molar-refractivity contribution in [2.75, 3.05) is 6.54 Å². The van der Waals surface area contributed by atoms with Crippen molar-refractivity contribution in [2.45, 2.75) is 11.4 Å². The lowest BCUT2D eigenvalue weighted by Gasteiger charge is -2.22. The molecule has 7 nitrogen and oxygen atoms in total. The van der Waals surface area contributed by atoms with E-state index in [0.29, 0.717) is 22.1 Å². The molecule has 0 unspecified atom stereocenters. The van der Waals surface area contributed by atoms with Gasteiger partial charge in [-0.25, -0.2) is 18.2 Å². The second kappa shape index (κ2) is 12.9. The van der Waals surface area contributed by atoms with Crippen LogP contribution in [-0.4, -0.2) is 31.4 Å². The number of para-hydroxylation sites is 1. The van der Waals surface area contributed by atoms with Crippen molar-refractivity contribution in [2.24, 2.45) is 5.10 Å². The minimum atomic E-state index is -4.24. The molecule has 200 valence electrons. The van der Waals surface area contributed by atoms with E-state index in [1.807, 2.05) is 30.3 Å². The molecule has 0 heterocycles. The van der Waals surface area contributed by atoms with Crippen LogP contribution in [0.2, 0.25) is 10.0 Å². The summed E-state index contributed by atoms with van der Waals surface area (Å²) in [5, 5.41) is 4.30. The van der Waals surface area contributed by atoms with Gasteiger partial charge in [-0.3, -0.25) is 4.79 Å². The molecule has 0 aliphatic rings. The topological polar surface area (TPSA) is 88.1 Å². The SMILES string of the molecule is O=C(CN(Cc1c(F)cccc1Cl)S(=O)(=O)c1ccc(Cl)cc1)NN=Cc1cccc(Oc2ccccc2)c1. The van der Waals surface area contributed by atoms with Gasteiger partial charge in [-0.1, -0.05) is 59.6 Å². The van der Waals surface area contributed by atoms with Gasteiger partial charge in [0.25, 0.3) is 5.91 Å². The number of sulfonamides is 1. The molecule has 0 bridgehead atoms. The average Bonchev–Trinajstić information content (AvgIpc) is 2.91. The predicted octanol–water partition coefficient (Wildman–Crippen LogP) is 6.27. The van der Waals surface area contributed by atoms with Gasteiger partial charge in [-0.2, -0.15) is 9.41 Å². The number of nitrogens with one attached hydrogen (secondary N) is 1. The summed E-state index contributed by atoms with van der Waals surface area (Å²) < 4.78 is 47.9. The summed E-state index contributed by atoms with van der Waals surface area (Å²) in [6.07, 6.45) is 1.39. The van der Waals surface area contributed by atoms with Gasteiger partial charge in [0, 0.05) is 22.2 Å². The largest absolute Gasteiger partial charge is 0.457 e. The van der Waals surface area contributed by atoms with Gasteiger partial charge in [0.2, 0.25) is 10.0 Å². The van der Waals surface area contributed by atoms with Crippen molar-refractivity contribution in [1.82, 2.24) is 9.73 Å². The molecule has 0 saturated heterocycles. The van der Waals surface area contributed by atoms with Gasteiger partial charge < -0.3 is 4.74 Å². The Hall–Kier alpha value is -3.76. The molecule has 0 aliphatic heterocycles. The fourth-order valence-corrected chi connectivity index (χ4v) is 5.21. The van der Waals surface area contributed by atoms with E-state index in [4.69, 9.17) is 27.9 Å². The Balaban J connectivity index is 1.49. The minimum Gasteiger partial charge on any atom is -0.457 e. The summed E-state index contributed by atoms with van der Waals surface area (Å²) in [6, 6.07) is 25.7. The van der Waals surface area contributed by atoms with Crippen molar-refractivity contribution >= 4 is 45.3 Å². The zero-order valence-corrected chi connectivity index (χ0v) is 22.6. The average molecular weight is 586 g/mol. The normalized spacial score (nSPS) is 11.6. The van der Waals surface area contributed by atoms with Crippen LogP contribution in [0, 0.1) is 5.82 Å². The molecule has 11 heteroatoms. The summed E-state index contributed by atoms with van der Waals surface area (Å²) in [5.41, 5.74) is 2.88. The van der Waals surface area contributed by atoms with E-state index >= 15 is 0 Å². The Labute approximate surface area is 235 Å². The van der Waals surface area contributed by atoms with E-state index in [9.17, 15) is 17.6 Å². The molecular weight excluding hydrogens is 564 g/mol. The molecule has 0 spiro atoms. The molecule has 1 amide bonds. The molecule has 0 radical (unpaired) electrons. The van der Waals surface area contributed by atoms with E-state index in [-0.39, 0.29) is 15.5 Å². The lowest BCUT2D eigenvalue weighted by atomic mass is 10.2. The molecule has 4 rings (SSSR count). The molecule has 4 aromatic rings. The van der Waals surface area contributed by atoms with Crippen molar-refractivity contribution < 1.29 is 22.3 Å². The third kappa shape index (κ3) is 7.64. The van der Waals surface area contributed by atoms with E-state index in [1.54, 1.807) is 24.3 Å². The molecule has 0 atom stereocenters. The summed E-state index contributed by atoms with van der Waals surface area (Å²) in [6.45, 7) is -1.13. The lowest BCUT2D eigenvalue weighted by Crippen LogP contribution is -2.39. The highest BCUT2D eigenvalue weighted by Crippen LogP contribution is 2.25. The second-order valence-corrected chi connectivity index (χ2v) is 11.0. The monoisotopic (exact) mass is 585 g/mol. The van der Waals surface area contributed by atoms with Gasteiger partial charge in [0.1, 0.15) is 17.3 Å². The molecule has 39 heavy (non-hydrogen) atoms. The number of rotatable bonds is 10. The van der Waals surface area contributed by atoms with Gasteiger partial charge in [0.05, 0.1) is 17.7 Å². The first-order valence-corrected chi connectivity index (χ1v) is 13.8. The van der Waals surface area contributed by atoms with E-state index in [2.05, 4.69) is 10.5 Å². The number of ether oxygens (including phenoxy) is 1. The molecule has 0 saturated carbocycles. The van der Waals surface area contributed by atoms with Crippen LogP contribution in [0.15, 0.2) is 107 Å². The van der Waals surface area contributed by atoms with E-state index < -0.39 is 34.8 Å². The first-order chi connectivity index (χ1) is 18.7. The number of halogens is 3. The van der Waals surface area contributed by atoms with Crippen molar-refractivity contribution in [1.29, 1.82) is 0 Å².